The molecule has 2 heteroatoms. The summed E-state index contributed by atoms with van der Waals surface area (Å²) in [6.07, 6.45) is 3.52. The van der Waals surface area contributed by atoms with E-state index >= 15 is 0 Å². The highest BCUT2D eigenvalue weighted by molar-refractivity contribution is 5.20. The second-order valence-electron chi connectivity index (χ2n) is 4.69. The van der Waals surface area contributed by atoms with Crippen LogP contribution in [0.4, 0.5) is 0 Å². The van der Waals surface area contributed by atoms with Crippen LogP contribution in [0.5, 0.6) is 5.75 Å². The summed E-state index contributed by atoms with van der Waals surface area (Å²) in [5, 5.41) is 0. The van der Waals surface area contributed by atoms with E-state index in [2.05, 4.69) is 6.92 Å². The minimum atomic E-state index is -0.0330. The van der Waals surface area contributed by atoms with Crippen LogP contribution < -0.4 is 10.5 Å². The zero-order valence-electron chi connectivity index (χ0n) is 9.28. The van der Waals surface area contributed by atoms with Crippen molar-refractivity contribution in [1.29, 1.82) is 0 Å². The Hall–Kier alpha value is -1.02. The van der Waals surface area contributed by atoms with Gasteiger partial charge in [-0.3, -0.25) is 0 Å². The van der Waals surface area contributed by atoms with Gasteiger partial charge in [0.05, 0.1) is 6.61 Å². The van der Waals surface area contributed by atoms with Gasteiger partial charge in [-0.15, -0.1) is 0 Å². The molecular formula is C13H19NO. The molecule has 0 aliphatic heterocycles. The van der Waals surface area contributed by atoms with Crippen molar-refractivity contribution in [1.82, 2.24) is 0 Å². The lowest BCUT2D eigenvalue weighted by Crippen LogP contribution is -2.40. The molecule has 1 aliphatic rings. The van der Waals surface area contributed by atoms with Crippen LogP contribution in [0, 0.1) is 5.92 Å². The lowest BCUT2D eigenvalue weighted by Gasteiger charge is -2.24. The SMILES string of the molecule is CC(N)(CCOc1ccccc1)C1CC1. The zero-order valence-corrected chi connectivity index (χ0v) is 9.28. The first-order valence-electron chi connectivity index (χ1n) is 5.65. The van der Waals surface area contributed by atoms with Crippen molar-refractivity contribution in [3.8, 4) is 5.75 Å². The summed E-state index contributed by atoms with van der Waals surface area (Å²) in [7, 11) is 0. The van der Waals surface area contributed by atoms with E-state index in [0.29, 0.717) is 6.61 Å². The van der Waals surface area contributed by atoms with Gasteiger partial charge in [0, 0.05) is 5.54 Å². The summed E-state index contributed by atoms with van der Waals surface area (Å²) < 4.78 is 5.64. The molecule has 2 rings (SSSR count). The van der Waals surface area contributed by atoms with E-state index in [0.717, 1.165) is 18.1 Å². The van der Waals surface area contributed by atoms with E-state index in [9.17, 15) is 0 Å². The third-order valence-electron chi connectivity index (χ3n) is 3.16. The van der Waals surface area contributed by atoms with Crippen molar-refractivity contribution in [3.63, 3.8) is 0 Å². The Balaban J connectivity index is 1.75. The Morgan fingerprint density at radius 1 is 1.33 bits per heavy atom. The van der Waals surface area contributed by atoms with Crippen LogP contribution in [-0.2, 0) is 0 Å². The van der Waals surface area contributed by atoms with E-state index in [1.165, 1.54) is 12.8 Å². The lowest BCUT2D eigenvalue weighted by molar-refractivity contribution is 0.251. The van der Waals surface area contributed by atoms with Crippen molar-refractivity contribution in [3.05, 3.63) is 30.3 Å². The first kappa shape index (κ1) is 10.5. The maximum absolute atomic E-state index is 6.21. The standard InChI is InChI=1S/C13H19NO/c1-13(14,11-7-8-11)9-10-15-12-5-3-2-4-6-12/h2-6,11H,7-10,14H2,1H3. The second kappa shape index (κ2) is 4.23. The first-order valence-corrected chi connectivity index (χ1v) is 5.65. The number of benzene rings is 1. The molecule has 1 aromatic carbocycles. The summed E-state index contributed by atoms with van der Waals surface area (Å²) in [5.74, 6) is 1.65. The molecule has 1 saturated carbocycles. The third-order valence-corrected chi connectivity index (χ3v) is 3.16. The summed E-state index contributed by atoms with van der Waals surface area (Å²) in [6.45, 7) is 2.85. The maximum atomic E-state index is 6.21. The van der Waals surface area contributed by atoms with E-state index in [1.54, 1.807) is 0 Å². The van der Waals surface area contributed by atoms with Crippen LogP contribution in [-0.4, -0.2) is 12.1 Å². The molecule has 0 spiro atoms. The molecule has 1 aliphatic carbocycles. The second-order valence-corrected chi connectivity index (χ2v) is 4.69. The van der Waals surface area contributed by atoms with E-state index in [1.807, 2.05) is 30.3 Å². The molecule has 0 radical (unpaired) electrons. The number of rotatable bonds is 5. The number of hydrogen-bond acceptors (Lipinski definition) is 2. The van der Waals surface area contributed by atoms with E-state index < -0.39 is 0 Å². The van der Waals surface area contributed by atoms with Gasteiger partial charge >= 0.3 is 0 Å². The van der Waals surface area contributed by atoms with Crippen molar-refractivity contribution >= 4 is 0 Å². The smallest absolute Gasteiger partial charge is 0.119 e. The lowest BCUT2D eigenvalue weighted by atomic mass is 9.94. The van der Waals surface area contributed by atoms with Crippen LogP contribution >= 0.6 is 0 Å². The molecule has 0 aromatic heterocycles. The Morgan fingerprint density at radius 3 is 2.60 bits per heavy atom. The minimum absolute atomic E-state index is 0.0330. The Morgan fingerprint density at radius 2 is 2.00 bits per heavy atom. The number of para-hydroxylation sites is 1. The average molecular weight is 205 g/mol. The van der Waals surface area contributed by atoms with Gasteiger partial charge in [-0.1, -0.05) is 18.2 Å². The molecule has 0 bridgehead atoms. The number of ether oxygens (including phenoxy) is 1. The minimum Gasteiger partial charge on any atom is -0.494 e. The van der Waals surface area contributed by atoms with Crippen LogP contribution in [0.2, 0.25) is 0 Å². The van der Waals surface area contributed by atoms with Gasteiger partial charge in [0.1, 0.15) is 5.75 Å². The Kier molecular flexibility index (Phi) is 2.96. The molecule has 1 aromatic rings. The molecule has 82 valence electrons. The van der Waals surface area contributed by atoms with Crippen LogP contribution in [0.3, 0.4) is 0 Å². The van der Waals surface area contributed by atoms with Gasteiger partial charge in [0.15, 0.2) is 0 Å². The Labute approximate surface area is 91.4 Å². The summed E-state index contributed by atoms with van der Waals surface area (Å²) in [4.78, 5) is 0. The summed E-state index contributed by atoms with van der Waals surface area (Å²) in [6, 6.07) is 9.91. The monoisotopic (exact) mass is 205 g/mol. The largest absolute Gasteiger partial charge is 0.494 e. The van der Waals surface area contributed by atoms with Gasteiger partial charge in [0.25, 0.3) is 0 Å². The number of nitrogens with two attached hydrogens (primary N) is 1. The molecule has 0 saturated heterocycles. The van der Waals surface area contributed by atoms with Gasteiger partial charge in [-0.2, -0.15) is 0 Å². The van der Waals surface area contributed by atoms with Crippen molar-refractivity contribution in [2.24, 2.45) is 11.7 Å². The highest BCUT2D eigenvalue weighted by Crippen LogP contribution is 2.39. The molecule has 2 N–H and O–H groups in total. The molecule has 1 fully saturated rings. The topological polar surface area (TPSA) is 35.2 Å². The van der Waals surface area contributed by atoms with E-state index in [4.69, 9.17) is 10.5 Å². The fraction of sp³-hybridized carbons (Fsp3) is 0.538. The maximum Gasteiger partial charge on any atom is 0.119 e. The molecule has 2 nitrogen and oxygen atoms in total. The molecule has 1 unspecified atom stereocenters. The molecular weight excluding hydrogens is 186 g/mol. The summed E-state index contributed by atoms with van der Waals surface area (Å²) in [5.41, 5.74) is 6.17. The van der Waals surface area contributed by atoms with Gasteiger partial charge < -0.3 is 10.5 Å². The van der Waals surface area contributed by atoms with Crippen LogP contribution in [0.25, 0.3) is 0 Å². The predicted octanol–water partition coefficient (Wildman–Crippen LogP) is 2.58. The van der Waals surface area contributed by atoms with Crippen molar-refractivity contribution < 1.29 is 4.74 Å². The van der Waals surface area contributed by atoms with Gasteiger partial charge in [-0.25, -0.2) is 0 Å². The fourth-order valence-electron chi connectivity index (χ4n) is 1.85. The van der Waals surface area contributed by atoms with Crippen molar-refractivity contribution in [2.75, 3.05) is 6.61 Å². The van der Waals surface area contributed by atoms with Gasteiger partial charge in [-0.05, 0) is 44.2 Å². The molecule has 0 amide bonds. The van der Waals surface area contributed by atoms with Crippen molar-refractivity contribution in [2.45, 2.75) is 31.7 Å². The quantitative estimate of drug-likeness (QED) is 0.802. The number of hydrogen-bond donors (Lipinski definition) is 1. The molecule has 0 heterocycles. The van der Waals surface area contributed by atoms with Gasteiger partial charge in [0.2, 0.25) is 0 Å². The van der Waals surface area contributed by atoms with Crippen LogP contribution in [0.15, 0.2) is 30.3 Å². The zero-order chi connectivity index (χ0) is 10.7. The van der Waals surface area contributed by atoms with Crippen LogP contribution in [0.1, 0.15) is 26.2 Å². The fourth-order valence-corrected chi connectivity index (χ4v) is 1.85. The van der Waals surface area contributed by atoms with E-state index in [-0.39, 0.29) is 5.54 Å². The predicted molar refractivity (Wildman–Crippen MR) is 61.9 cm³/mol. The molecule has 1 atom stereocenters. The first-order chi connectivity index (χ1) is 7.18. The highest BCUT2D eigenvalue weighted by atomic mass is 16.5. The normalized spacial score (nSPS) is 19.6. The third kappa shape index (κ3) is 2.96. The summed E-state index contributed by atoms with van der Waals surface area (Å²) >= 11 is 0. The average Bonchev–Trinajstić information content (AvgIpc) is 3.02. The molecule has 15 heavy (non-hydrogen) atoms. The Bertz CT molecular complexity index is 304. The highest BCUT2D eigenvalue weighted by Gasteiger charge is 2.37.